The van der Waals surface area contributed by atoms with Crippen LogP contribution < -0.4 is 9.62 Å². The van der Waals surface area contributed by atoms with Gasteiger partial charge in [0.2, 0.25) is 11.8 Å². The number of aryl methyl sites for hydroxylation is 1. The van der Waals surface area contributed by atoms with E-state index in [0.717, 1.165) is 33.1 Å². The first-order valence-corrected chi connectivity index (χ1v) is 16.0. The van der Waals surface area contributed by atoms with E-state index in [2.05, 4.69) is 5.32 Å². The van der Waals surface area contributed by atoms with Crippen LogP contribution in [0.2, 0.25) is 0 Å². The van der Waals surface area contributed by atoms with Gasteiger partial charge in [-0.25, -0.2) is 12.8 Å². The predicted molar refractivity (Wildman–Crippen MR) is 171 cm³/mol. The molecule has 0 aliphatic carbocycles. The van der Waals surface area contributed by atoms with E-state index in [1.54, 1.807) is 30.3 Å². The van der Waals surface area contributed by atoms with Gasteiger partial charge in [0.25, 0.3) is 10.0 Å². The Morgan fingerprint density at radius 2 is 1.45 bits per heavy atom. The molecule has 4 rings (SSSR count). The zero-order chi connectivity index (χ0) is 31.7. The maximum atomic E-state index is 14.4. The summed E-state index contributed by atoms with van der Waals surface area (Å²) < 4.78 is 42.6. The quantitative estimate of drug-likeness (QED) is 0.203. The molecular formula is C35H38FN3O4S. The molecule has 7 nitrogen and oxygen atoms in total. The lowest BCUT2D eigenvalue weighted by Crippen LogP contribution is -2.54. The van der Waals surface area contributed by atoms with Gasteiger partial charge >= 0.3 is 0 Å². The fourth-order valence-electron chi connectivity index (χ4n) is 4.86. The van der Waals surface area contributed by atoms with Gasteiger partial charge < -0.3 is 10.2 Å². The zero-order valence-electron chi connectivity index (χ0n) is 25.2. The Hall–Kier alpha value is -4.50. The third-order valence-electron chi connectivity index (χ3n) is 7.43. The number of nitrogens with zero attached hydrogens (tertiary/aromatic N) is 2. The van der Waals surface area contributed by atoms with Crippen molar-refractivity contribution in [2.75, 3.05) is 10.8 Å². The molecule has 44 heavy (non-hydrogen) atoms. The number of hydrogen-bond acceptors (Lipinski definition) is 4. The Bertz CT molecular complexity index is 1650. The summed E-state index contributed by atoms with van der Waals surface area (Å²) >= 11 is 0. The van der Waals surface area contributed by atoms with Crippen molar-refractivity contribution in [2.45, 2.75) is 57.1 Å². The first kappa shape index (κ1) is 32.4. The molecule has 0 saturated carbocycles. The fraction of sp³-hybridized carbons (Fsp3) is 0.257. The number of carbonyl (C=O) groups excluding carboxylic acids is 2. The van der Waals surface area contributed by atoms with Crippen LogP contribution >= 0.6 is 0 Å². The molecule has 1 N–H and O–H groups in total. The largest absolute Gasteiger partial charge is 0.352 e. The van der Waals surface area contributed by atoms with Crippen LogP contribution in [0.4, 0.5) is 10.1 Å². The summed E-state index contributed by atoms with van der Waals surface area (Å²) in [5.41, 5.74) is 2.92. The van der Waals surface area contributed by atoms with Gasteiger partial charge in [0.15, 0.2) is 0 Å². The summed E-state index contributed by atoms with van der Waals surface area (Å²) in [5.74, 6) is -1.45. The number of amides is 2. The zero-order valence-corrected chi connectivity index (χ0v) is 26.0. The summed E-state index contributed by atoms with van der Waals surface area (Å²) in [4.78, 5) is 29.6. The molecule has 230 valence electrons. The van der Waals surface area contributed by atoms with E-state index in [-0.39, 0.29) is 35.5 Å². The number of hydrogen-bond donors (Lipinski definition) is 1. The number of para-hydroxylation sites is 1. The van der Waals surface area contributed by atoms with Crippen molar-refractivity contribution in [3.8, 4) is 0 Å². The van der Waals surface area contributed by atoms with Gasteiger partial charge in [-0.1, -0.05) is 85.3 Å². The molecule has 0 aliphatic rings. The lowest BCUT2D eigenvalue weighted by atomic mass is 10.0. The maximum absolute atomic E-state index is 14.4. The Kier molecular flexibility index (Phi) is 10.9. The van der Waals surface area contributed by atoms with Crippen LogP contribution in [-0.4, -0.2) is 43.8 Å². The Morgan fingerprint density at radius 3 is 2.07 bits per heavy atom. The highest BCUT2D eigenvalue weighted by molar-refractivity contribution is 7.92. The highest BCUT2D eigenvalue weighted by Gasteiger charge is 2.35. The van der Waals surface area contributed by atoms with Gasteiger partial charge in [0.1, 0.15) is 18.4 Å². The second-order valence-corrected chi connectivity index (χ2v) is 12.7. The third-order valence-corrected chi connectivity index (χ3v) is 9.22. The Balaban J connectivity index is 1.79. The lowest BCUT2D eigenvalue weighted by Gasteiger charge is -2.34. The molecule has 0 saturated heterocycles. The number of sulfonamides is 1. The summed E-state index contributed by atoms with van der Waals surface area (Å²) in [6.45, 7) is 5.32. The molecule has 0 heterocycles. The number of nitrogens with one attached hydrogen (secondary N) is 1. The molecule has 0 aliphatic heterocycles. The normalized spacial score (nSPS) is 12.6. The summed E-state index contributed by atoms with van der Waals surface area (Å²) in [5, 5.41) is 3.03. The van der Waals surface area contributed by atoms with E-state index in [0.29, 0.717) is 6.42 Å². The molecule has 9 heteroatoms. The number of rotatable bonds is 13. The summed E-state index contributed by atoms with van der Waals surface area (Å²) in [6, 6.07) is 28.8. The van der Waals surface area contributed by atoms with Crippen molar-refractivity contribution in [3.63, 3.8) is 0 Å². The molecule has 0 unspecified atom stereocenters. The highest BCUT2D eigenvalue weighted by Crippen LogP contribution is 2.25. The van der Waals surface area contributed by atoms with Gasteiger partial charge in [-0.05, 0) is 67.8 Å². The van der Waals surface area contributed by atoms with Crippen molar-refractivity contribution < 1.29 is 22.4 Å². The number of anilines is 1. The maximum Gasteiger partial charge on any atom is 0.264 e. The molecular weight excluding hydrogens is 577 g/mol. The first-order valence-electron chi connectivity index (χ1n) is 14.6. The van der Waals surface area contributed by atoms with Crippen molar-refractivity contribution >= 4 is 27.5 Å². The van der Waals surface area contributed by atoms with Gasteiger partial charge in [-0.3, -0.25) is 13.9 Å². The SMILES string of the molecule is CC[C@H](C)NC(=O)[C@H](Cc1ccccc1)N(Cc1cccc(C)c1)C(=O)CN(c1ccccc1)S(=O)(=O)c1ccc(F)cc1. The van der Waals surface area contributed by atoms with Gasteiger partial charge in [0.05, 0.1) is 10.6 Å². The van der Waals surface area contributed by atoms with Crippen LogP contribution in [0.1, 0.15) is 37.0 Å². The van der Waals surface area contributed by atoms with E-state index in [1.807, 2.05) is 75.4 Å². The second kappa shape index (κ2) is 14.8. The molecule has 0 aromatic heterocycles. The van der Waals surface area contributed by atoms with Crippen molar-refractivity contribution in [1.82, 2.24) is 10.2 Å². The average Bonchev–Trinajstić information content (AvgIpc) is 3.02. The van der Waals surface area contributed by atoms with Crippen molar-refractivity contribution in [2.24, 2.45) is 0 Å². The lowest BCUT2D eigenvalue weighted by molar-refractivity contribution is -0.140. The van der Waals surface area contributed by atoms with Crippen LogP contribution in [0.25, 0.3) is 0 Å². The minimum Gasteiger partial charge on any atom is -0.352 e. The highest BCUT2D eigenvalue weighted by atomic mass is 32.2. The third kappa shape index (κ3) is 8.32. The van der Waals surface area contributed by atoms with Gasteiger partial charge in [-0.15, -0.1) is 0 Å². The minimum absolute atomic E-state index is 0.0885. The predicted octanol–water partition coefficient (Wildman–Crippen LogP) is 5.88. The first-order chi connectivity index (χ1) is 21.1. The van der Waals surface area contributed by atoms with E-state index < -0.39 is 34.3 Å². The van der Waals surface area contributed by atoms with E-state index >= 15 is 0 Å². The van der Waals surface area contributed by atoms with Crippen LogP contribution in [0.3, 0.4) is 0 Å². The molecule has 0 spiro atoms. The molecule has 4 aromatic rings. The minimum atomic E-state index is -4.29. The molecule has 2 amide bonds. The average molecular weight is 616 g/mol. The summed E-state index contributed by atoms with van der Waals surface area (Å²) in [6.07, 6.45) is 0.935. The van der Waals surface area contributed by atoms with Crippen molar-refractivity contribution in [3.05, 3.63) is 132 Å². The monoisotopic (exact) mass is 615 g/mol. The van der Waals surface area contributed by atoms with E-state index in [9.17, 15) is 22.4 Å². The van der Waals surface area contributed by atoms with E-state index in [4.69, 9.17) is 0 Å². The van der Waals surface area contributed by atoms with Gasteiger partial charge in [-0.2, -0.15) is 0 Å². The van der Waals surface area contributed by atoms with Crippen LogP contribution in [0.15, 0.2) is 114 Å². The fourth-order valence-corrected chi connectivity index (χ4v) is 6.27. The van der Waals surface area contributed by atoms with E-state index in [1.165, 1.54) is 17.0 Å². The summed E-state index contributed by atoms with van der Waals surface area (Å²) in [7, 11) is -4.29. The smallest absolute Gasteiger partial charge is 0.264 e. The standard InChI is InChI=1S/C35H38FN3O4S/c1-4-27(3)37-35(41)33(23-28-13-7-5-8-14-28)38(24-29-15-11-12-26(2)22-29)34(40)25-39(31-16-9-6-10-17-31)44(42,43)32-20-18-30(36)19-21-32/h5-22,27,33H,4,23-25H2,1-3H3,(H,37,41)/t27-,33-/m0/s1. The van der Waals surface area contributed by atoms with Gasteiger partial charge in [0, 0.05) is 19.0 Å². The number of benzene rings is 4. The molecule has 0 bridgehead atoms. The number of halogens is 1. The molecule has 0 fully saturated rings. The van der Waals surface area contributed by atoms with Crippen LogP contribution in [0, 0.1) is 12.7 Å². The topological polar surface area (TPSA) is 86.8 Å². The molecule has 4 aromatic carbocycles. The second-order valence-electron chi connectivity index (χ2n) is 10.8. The van der Waals surface area contributed by atoms with Crippen LogP contribution in [-0.2, 0) is 32.6 Å². The molecule has 0 radical (unpaired) electrons. The van der Waals surface area contributed by atoms with Crippen LogP contribution in [0.5, 0.6) is 0 Å². The Morgan fingerprint density at radius 1 is 0.841 bits per heavy atom. The molecule has 2 atom stereocenters. The Labute approximate surface area is 259 Å². The number of carbonyl (C=O) groups is 2. The van der Waals surface area contributed by atoms with Crippen molar-refractivity contribution in [1.29, 1.82) is 0 Å².